The van der Waals surface area contributed by atoms with Gasteiger partial charge in [-0.15, -0.1) is 0 Å². The number of aromatic hydroxyl groups is 1. The molecule has 0 aliphatic heterocycles. The van der Waals surface area contributed by atoms with Crippen molar-refractivity contribution >= 4 is 45.8 Å². The molecule has 0 bridgehead atoms. The second kappa shape index (κ2) is 6.83. The topological polar surface area (TPSA) is 53.2 Å². The Morgan fingerprint density at radius 2 is 2.00 bits per heavy atom. The minimum atomic E-state index is 0.0975. The first-order valence-corrected chi connectivity index (χ1v) is 7.45. The van der Waals surface area contributed by atoms with Gasteiger partial charge in [0.25, 0.3) is 0 Å². The zero-order valence-corrected chi connectivity index (χ0v) is 14.0. The number of nitriles is 1. The number of benzene rings is 2. The summed E-state index contributed by atoms with van der Waals surface area (Å²) in [6, 6.07) is 12.7. The lowest BCUT2D eigenvalue weighted by Gasteiger charge is -2.07. The molecule has 0 spiro atoms. The molecule has 0 saturated heterocycles. The quantitative estimate of drug-likeness (QED) is 0.452. The molecule has 2 aromatic rings. The molecule has 1 N–H and O–H groups in total. The average molecular weight is 412 g/mol. The molecule has 106 valence electrons. The van der Waals surface area contributed by atoms with Gasteiger partial charge < -0.3 is 9.84 Å². The Balaban J connectivity index is 2.48. The highest BCUT2D eigenvalue weighted by Gasteiger charge is 2.09. The third-order valence-corrected chi connectivity index (χ3v) is 3.93. The summed E-state index contributed by atoms with van der Waals surface area (Å²) in [6.45, 7) is 0. The number of hydrogen-bond donors (Lipinski definition) is 1. The van der Waals surface area contributed by atoms with Crippen LogP contribution in [0, 0.1) is 14.9 Å². The van der Waals surface area contributed by atoms with Crippen molar-refractivity contribution in [2.45, 2.75) is 0 Å². The highest BCUT2D eigenvalue weighted by atomic mass is 127. The molecule has 0 atom stereocenters. The Morgan fingerprint density at radius 3 is 2.57 bits per heavy atom. The van der Waals surface area contributed by atoms with Gasteiger partial charge in [0.15, 0.2) is 11.5 Å². The molecular formula is C16H11ClINO2. The van der Waals surface area contributed by atoms with Crippen molar-refractivity contribution in [3.63, 3.8) is 0 Å². The van der Waals surface area contributed by atoms with Gasteiger partial charge in [-0.2, -0.15) is 5.26 Å². The number of ether oxygens (including phenoxy) is 1. The number of phenolic OH excluding ortho intramolecular Hbond substituents is 1. The fourth-order valence-electron chi connectivity index (χ4n) is 1.81. The SMILES string of the molecule is COc1cc(/C=C(/C#N)c2ccc(Cl)cc2)cc(I)c1O. The van der Waals surface area contributed by atoms with Gasteiger partial charge in [-0.3, -0.25) is 0 Å². The van der Waals surface area contributed by atoms with Crippen molar-refractivity contribution in [3.8, 4) is 17.6 Å². The van der Waals surface area contributed by atoms with Gasteiger partial charge in [-0.25, -0.2) is 0 Å². The molecule has 0 amide bonds. The van der Waals surface area contributed by atoms with E-state index in [0.29, 0.717) is 19.9 Å². The van der Waals surface area contributed by atoms with Crippen molar-refractivity contribution in [3.05, 3.63) is 56.1 Å². The molecule has 2 aromatic carbocycles. The van der Waals surface area contributed by atoms with Crippen molar-refractivity contribution < 1.29 is 9.84 Å². The Morgan fingerprint density at radius 1 is 1.33 bits per heavy atom. The van der Waals surface area contributed by atoms with E-state index >= 15 is 0 Å². The predicted molar refractivity (Wildman–Crippen MR) is 92.3 cm³/mol. The second-order valence-corrected chi connectivity index (χ2v) is 5.83. The molecule has 3 nitrogen and oxygen atoms in total. The van der Waals surface area contributed by atoms with Crippen molar-refractivity contribution in [1.82, 2.24) is 0 Å². The van der Waals surface area contributed by atoms with Crippen LogP contribution < -0.4 is 4.74 Å². The van der Waals surface area contributed by atoms with Crippen LogP contribution in [-0.4, -0.2) is 12.2 Å². The lowest BCUT2D eigenvalue weighted by atomic mass is 10.0. The lowest BCUT2D eigenvalue weighted by Crippen LogP contribution is -1.88. The summed E-state index contributed by atoms with van der Waals surface area (Å²) >= 11 is 7.87. The zero-order valence-electron chi connectivity index (χ0n) is 11.1. The summed E-state index contributed by atoms with van der Waals surface area (Å²) in [4.78, 5) is 0. The molecule has 0 aliphatic carbocycles. The molecule has 2 rings (SSSR count). The summed E-state index contributed by atoms with van der Waals surface area (Å²) in [5, 5.41) is 19.8. The highest BCUT2D eigenvalue weighted by Crippen LogP contribution is 2.33. The fourth-order valence-corrected chi connectivity index (χ4v) is 2.56. The molecule has 0 unspecified atom stereocenters. The summed E-state index contributed by atoms with van der Waals surface area (Å²) in [7, 11) is 1.49. The molecule has 0 saturated carbocycles. The van der Waals surface area contributed by atoms with E-state index in [-0.39, 0.29) is 5.75 Å². The largest absolute Gasteiger partial charge is 0.504 e. The van der Waals surface area contributed by atoms with E-state index in [4.69, 9.17) is 16.3 Å². The molecule has 5 heteroatoms. The number of methoxy groups -OCH3 is 1. The van der Waals surface area contributed by atoms with Crippen LogP contribution in [-0.2, 0) is 0 Å². The molecule has 0 fully saturated rings. The number of nitrogens with zero attached hydrogens (tertiary/aromatic N) is 1. The van der Waals surface area contributed by atoms with Crippen LogP contribution in [0.1, 0.15) is 11.1 Å². The number of allylic oxidation sites excluding steroid dienone is 1. The second-order valence-electron chi connectivity index (χ2n) is 4.23. The first-order valence-electron chi connectivity index (χ1n) is 5.99. The molecule has 0 aliphatic rings. The normalized spacial score (nSPS) is 11.0. The van der Waals surface area contributed by atoms with Crippen LogP contribution in [0.2, 0.25) is 5.02 Å². The molecular weight excluding hydrogens is 401 g/mol. The van der Waals surface area contributed by atoms with E-state index in [1.165, 1.54) is 7.11 Å². The molecule has 21 heavy (non-hydrogen) atoms. The monoisotopic (exact) mass is 411 g/mol. The molecule has 0 radical (unpaired) electrons. The highest BCUT2D eigenvalue weighted by molar-refractivity contribution is 14.1. The maximum Gasteiger partial charge on any atom is 0.171 e. The van der Waals surface area contributed by atoms with Crippen LogP contribution in [0.25, 0.3) is 11.6 Å². The Labute approximate surface area is 141 Å². The maximum atomic E-state index is 9.83. The van der Waals surface area contributed by atoms with Gasteiger partial charge in [0.2, 0.25) is 0 Å². The van der Waals surface area contributed by atoms with Gasteiger partial charge in [0, 0.05) is 5.02 Å². The zero-order chi connectivity index (χ0) is 15.4. The van der Waals surface area contributed by atoms with Gasteiger partial charge >= 0.3 is 0 Å². The van der Waals surface area contributed by atoms with Crippen molar-refractivity contribution in [2.24, 2.45) is 0 Å². The van der Waals surface area contributed by atoms with E-state index in [1.54, 1.807) is 42.5 Å². The summed E-state index contributed by atoms with van der Waals surface area (Å²) < 4.78 is 5.78. The first kappa shape index (κ1) is 15.7. The lowest BCUT2D eigenvalue weighted by molar-refractivity contribution is 0.371. The van der Waals surface area contributed by atoms with Crippen molar-refractivity contribution in [1.29, 1.82) is 5.26 Å². The third-order valence-electron chi connectivity index (χ3n) is 2.86. The van der Waals surface area contributed by atoms with Crippen LogP contribution in [0.3, 0.4) is 0 Å². The summed E-state index contributed by atoms with van der Waals surface area (Å²) in [5.41, 5.74) is 2.07. The minimum Gasteiger partial charge on any atom is -0.504 e. The van der Waals surface area contributed by atoms with Crippen LogP contribution in [0.15, 0.2) is 36.4 Å². The average Bonchev–Trinajstić information content (AvgIpc) is 2.49. The molecule has 0 heterocycles. The van der Waals surface area contributed by atoms with Crippen LogP contribution in [0.5, 0.6) is 11.5 Å². The first-order chi connectivity index (χ1) is 10.0. The Kier molecular flexibility index (Phi) is 5.10. The Hall–Kier alpha value is -1.71. The van der Waals surface area contributed by atoms with Gasteiger partial charge in [0.05, 0.1) is 22.3 Å². The van der Waals surface area contributed by atoms with E-state index in [9.17, 15) is 10.4 Å². The van der Waals surface area contributed by atoms with E-state index < -0.39 is 0 Å². The molecule has 0 aromatic heterocycles. The number of hydrogen-bond acceptors (Lipinski definition) is 3. The minimum absolute atomic E-state index is 0.0975. The van der Waals surface area contributed by atoms with E-state index in [1.807, 2.05) is 22.6 Å². The van der Waals surface area contributed by atoms with Crippen molar-refractivity contribution in [2.75, 3.05) is 7.11 Å². The summed E-state index contributed by atoms with van der Waals surface area (Å²) in [5.74, 6) is 0.474. The maximum absolute atomic E-state index is 9.83. The van der Waals surface area contributed by atoms with Gasteiger partial charge in [-0.1, -0.05) is 23.7 Å². The van der Waals surface area contributed by atoms with E-state index in [2.05, 4.69) is 6.07 Å². The fraction of sp³-hybridized carbons (Fsp3) is 0.0625. The smallest absolute Gasteiger partial charge is 0.171 e. The number of halogens is 2. The third kappa shape index (κ3) is 3.69. The van der Waals surface area contributed by atoms with Crippen LogP contribution in [0.4, 0.5) is 0 Å². The Bertz CT molecular complexity index is 733. The van der Waals surface area contributed by atoms with E-state index in [0.717, 1.165) is 11.1 Å². The number of phenols is 1. The summed E-state index contributed by atoms with van der Waals surface area (Å²) in [6.07, 6.45) is 1.74. The predicted octanol–water partition coefficient (Wildman–Crippen LogP) is 4.72. The number of rotatable bonds is 3. The van der Waals surface area contributed by atoms with Crippen LogP contribution >= 0.6 is 34.2 Å². The van der Waals surface area contributed by atoms with Gasteiger partial charge in [0.1, 0.15) is 0 Å². The van der Waals surface area contributed by atoms with Gasteiger partial charge in [-0.05, 0) is 64.1 Å². The standard InChI is InChI=1S/C16H11ClINO2/c1-21-15-8-10(7-14(18)16(15)20)6-12(9-19)11-2-4-13(17)5-3-11/h2-8,20H,1H3/b12-6-.